The van der Waals surface area contributed by atoms with Crippen LogP contribution in [0.15, 0.2) is 18.2 Å². The number of nitro benzene ring substituents is 1. The molecule has 2 aliphatic rings. The molecule has 9 N–H and O–H groups in total. The third-order valence-corrected chi connectivity index (χ3v) is 5.69. The molecule has 0 unspecified atom stereocenters. The number of carboxylic acids is 1. The van der Waals surface area contributed by atoms with Crippen LogP contribution in [0.5, 0.6) is 0 Å². The Balaban J connectivity index is 1.78. The average molecular weight is 506 g/mol. The van der Waals surface area contributed by atoms with Crippen LogP contribution in [0, 0.1) is 10.1 Å². The second-order valence-corrected chi connectivity index (χ2v) is 8.03. The highest BCUT2D eigenvalue weighted by molar-refractivity contribution is 5.90. The molecule has 0 amide bonds. The van der Waals surface area contributed by atoms with Crippen molar-refractivity contribution < 1.29 is 64.8 Å². The van der Waals surface area contributed by atoms with Gasteiger partial charge in [0.05, 0.1) is 23.7 Å². The summed E-state index contributed by atoms with van der Waals surface area (Å²) in [5.74, 6) is -1.46. The fourth-order valence-corrected chi connectivity index (χ4v) is 3.80. The molecular formula is C19H26N2O14. The van der Waals surface area contributed by atoms with Crippen LogP contribution in [0.4, 0.5) is 11.4 Å². The van der Waals surface area contributed by atoms with Gasteiger partial charge in [-0.1, -0.05) is 0 Å². The van der Waals surface area contributed by atoms with E-state index in [0.717, 1.165) is 18.2 Å². The standard InChI is InChI=1S/C19H26N2O14/c22-4-9-11(24)12(25)15(28)19(34-9)35-16-10(5-23)33-17(14(27)13(16)26)20-7-1-6(18(29)30)2-8(3-7)21(31)32/h1-3,9-17,19-20,22-28H,4-5H2,(H,29,30)/t9-,10-,11+,12+,13-,14+,15+,16+,17-,19+/m0/s1. The number of hydrogen-bond acceptors (Lipinski definition) is 14. The first kappa shape index (κ1) is 27.1. The Morgan fingerprint density at radius 3 is 2.17 bits per heavy atom. The molecule has 196 valence electrons. The van der Waals surface area contributed by atoms with Crippen LogP contribution < -0.4 is 5.32 Å². The number of aliphatic hydroxyl groups excluding tert-OH is 7. The van der Waals surface area contributed by atoms with Gasteiger partial charge in [0.25, 0.3) is 5.69 Å². The summed E-state index contributed by atoms with van der Waals surface area (Å²) in [4.78, 5) is 21.6. The summed E-state index contributed by atoms with van der Waals surface area (Å²) in [6.45, 7) is -1.53. The van der Waals surface area contributed by atoms with E-state index in [9.17, 15) is 55.8 Å². The minimum absolute atomic E-state index is 0.141. The lowest BCUT2D eigenvalue weighted by molar-refractivity contribution is -0.384. The number of nitro groups is 1. The molecule has 2 fully saturated rings. The van der Waals surface area contributed by atoms with E-state index in [2.05, 4.69) is 5.32 Å². The molecule has 3 rings (SSSR count). The Morgan fingerprint density at radius 2 is 1.60 bits per heavy atom. The second-order valence-electron chi connectivity index (χ2n) is 8.03. The van der Waals surface area contributed by atoms with E-state index < -0.39 is 96.7 Å². The molecule has 0 aromatic heterocycles. The highest BCUT2D eigenvalue weighted by Crippen LogP contribution is 2.30. The van der Waals surface area contributed by atoms with Crippen molar-refractivity contribution in [2.45, 2.75) is 61.3 Å². The van der Waals surface area contributed by atoms with Crippen LogP contribution in [0.25, 0.3) is 0 Å². The number of anilines is 1. The molecule has 0 aliphatic carbocycles. The fourth-order valence-electron chi connectivity index (χ4n) is 3.80. The first-order valence-corrected chi connectivity index (χ1v) is 10.4. The molecule has 1 aromatic rings. The van der Waals surface area contributed by atoms with Gasteiger partial charge in [-0.15, -0.1) is 0 Å². The Bertz CT molecular complexity index is 881. The van der Waals surface area contributed by atoms with Crippen molar-refractivity contribution >= 4 is 17.3 Å². The lowest BCUT2D eigenvalue weighted by Crippen LogP contribution is -2.65. The summed E-state index contributed by atoms with van der Waals surface area (Å²) in [6, 6.07) is 2.82. The molecule has 2 aliphatic heterocycles. The highest BCUT2D eigenvalue weighted by atomic mass is 16.7. The number of aliphatic hydroxyl groups is 7. The fraction of sp³-hybridized carbons (Fsp3) is 0.632. The maximum Gasteiger partial charge on any atom is 0.336 e. The largest absolute Gasteiger partial charge is 0.478 e. The van der Waals surface area contributed by atoms with Crippen molar-refractivity contribution in [2.75, 3.05) is 18.5 Å². The summed E-state index contributed by atoms with van der Waals surface area (Å²) < 4.78 is 16.1. The summed E-state index contributed by atoms with van der Waals surface area (Å²) in [5, 5.41) is 92.9. The summed E-state index contributed by atoms with van der Waals surface area (Å²) >= 11 is 0. The Labute approximate surface area is 196 Å². The maximum absolute atomic E-state index is 11.3. The zero-order valence-electron chi connectivity index (χ0n) is 17.9. The van der Waals surface area contributed by atoms with E-state index in [0.29, 0.717) is 0 Å². The van der Waals surface area contributed by atoms with Crippen LogP contribution in [-0.2, 0) is 14.2 Å². The van der Waals surface area contributed by atoms with Crippen molar-refractivity contribution in [3.05, 3.63) is 33.9 Å². The molecule has 0 bridgehead atoms. The van der Waals surface area contributed by atoms with E-state index in [1.54, 1.807) is 0 Å². The average Bonchev–Trinajstić information content (AvgIpc) is 2.83. The number of rotatable bonds is 8. The van der Waals surface area contributed by atoms with Gasteiger partial charge in [-0.25, -0.2) is 4.79 Å². The molecule has 16 nitrogen and oxygen atoms in total. The molecule has 10 atom stereocenters. The quantitative estimate of drug-likeness (QED) is 0.121. The van der Waals surface area contributed by atoms with Crippen molar-refractivity contribution in [3.8, 4) is 0 Å². The summed E-state index contributed by atoms with van der Waals surface area (Å²) in [5.41, 5.74) is -1.14. The number of non-ortho nitro benzene ring substituents is 1. The van der Waals surface area contributed by atoms with Gasteiger partial charge in [0.2, 0.25) is 0 Å². The smallest absolute Gasteiger partial charge is 0.336 e. The number of carboxylic acid groups (broad SMARTS) is 1. The number of nitrogens with one attached hydrogen (secondary N) is 1. The normalized spacial score (nSPS) is 37.6. The van der Waals surface area contributed by atoms with Gasteiger partial charge in [0.15, 0.2) is 12.5 Å². The topological polar surface area (TPSA) is 262 Å². The van der Waals surface area contributed by atoms with Crippen molar-refractivity contribution in [1.29, 1.82) is 0 Å². The van der Waals surface area contributed by atoms with Crippen molar-refractivity contribution in [2.24, 2.45) is 0 Å². The minimum atomic E-state index is -1.83. The number of benzene rings is 1. The SMILES string of the molecule is O=C(O)c1cc(N[C@H]2O[C@@H](CO)[C@@H](O[C@H]3O[C@@H](CO)[C@@H](O)[C@@H](O)[C@H]3O)[C@@H](O)[C@H]2O)cc([N+](=O)[O-])c1. The molecule has 0 radical (unpaired) electrons. The van der Waals surface area contributed by atoms with E-state index in [4.69, 9.17) is 14.2 Å². The van der Waals surface area contributed by atoms with Gasteiger partial charge in [-0.2, -0.15) is 0 Å². The van der Waals surface area contributed by atoms with Gasteiger partial charge < -0.3 is 60.4 Å². The zero-order valence-corrected chi connectivity index (χ0v) is 17.9. The summed E-state index contributed by atoms with van der Waals surface area (Å²) in [7, 11) is 0. The van der Waals surface area contributed by atoms with E-state index in [1.165, 1.54) is 0 Å². The third kappa shape index (κ3) is 5.67. The molecule has 0 saturated carbocycles. The highest BCUT2D eigenvalue weighted by Gasteiger charge is 2.50. The number of carbonyl (C=O) groups is 1. The van der Waals surface area contributed by atoms with Gasteiger partial charge in [0, 0.05) is 17.8 Å². The lowest BCUT2D eigenvalue weighted by atomic mass is 9.96. The van der Waals surface area contributed by atoms with Gasteiger partial charge in [-0.3, -0.25) is 10.1 Å². The van der Waals surface area contributed by atoms with Crippen LogP contribution in [0.2, 0.25) is 0 Å². The van der Waals surface area contributed by atoms with E-state index in [-0.39, 0.29) is 5.69 Å². The van der Waals surface area contributed by atoms with Gasteiger partial charge in [0.1, 0.15) is 48.8 Å². The number of ether oxygens (including phenoxy) is 3. The Morgan fingerprint density at radius 1 is 0.943 bits per heavy atom. The first-order chi connectivity index (χ1) is 16.5. The predicted molar refractivity (Wildman–Crippen MR) is 110 cm³/mol. The molecule has 0 spiro atoms. The van der Waals surface area contributed by atoms with E-state index in [1.807, 2.05) is 0 Å². The second kappa shape index (κ2) is 11.0. The van der Waals surface area contributed by atoms with Gasteiger partial charge in [-0.05, 0) is 6.07 Å². The predicted octanol–water partition coefficient (Wildman–Crippen LogP) is -3.67. The maximum atomic E-state index is 11.3. The monoisotopic (exact) mass is 506 g/mol. The molecule has 2 saturated heterocycles. The molecule has 2 heterocycles. The summed E-state index contributed by atoms with van der Waals surface area (Å²) in [6.07, 6.45) is -16.3. The number of hydrogen-bond donors (Lipinski definition) is 9. The van der Waals surface area contributed by atoms with Crippen LogP contribution in [0.1, 0.15) is 10.4 Å². The van der Waals surface area contributed by atoms with E-state index >= 15 is 0 Å². The minimum Gasteiger partial charge on any atom is -0.478 e. The Hall–Kier alpha value is -2.51. The number of nitrogens with zero attached hydrogens (tertiary/aromatic N) is 1. The van der Waals surface area contributed by atoms with Crippen molar-refractivity contribution in [3.63, 3.8) is 0 Å². The molecule has 16 heteroatoms. The molecular weight excluding hydrogens is 480 g/mol. The molecule has 1 aromatic carbocycles. The number of aromatic carboxylic acids is 1. The zero-order chi connectivity index (χ0) is 26.0. The van der Waals surface area contributed by atoms with Gasteiger partial charge >= 0.3 is 5.97 Å². The molecule has 35 heavy (non-hydrogen) atoms. The van der Waals surface area contributed by atoms with Crippen LogP contribution >= 0.6 is 0 Å². The lowest BCUT2D eigenvalue weighted by Gasteiger charge is -2.46. The first-order valence-electron chi connectivity index (χ1n) is 10.4. The Kier molecular flexibility index (Phi) is 8.54. The third-order valence-electron chi connectivity index (χ3n) is 5.69. The van der Waals surface area contributed by atoms with Crippen molar-refractivity contribution in [1.82, 2.24) is 0 Å². The van der Waals surface area contributed by atoms with Crippen LogP contribution in [0.3, 0.4) is 0 Å². The van der Waals surface area contributed by atoms with Crippen LogP contribution in [-0.4, -0.2) is 126 Å².